The van der Waals surface area contributed by atoms with Crippen molar-refractivity contribution in [3.05, 3.63) is 58.8 Å². The first-order valence-electron chi connectivity index (χ1n) is 5.87. The van der Waals surface area contributed by atoms with Crippen molar-refractivity contribution in [2.45, 2.75) is 20.3 Å². The van der Waals surface area contributed by atoms with Crippen molar-refractivity contribution in [1.82, 2.24) is 4.98 Å². The van der Waals surface area contributed by atoms with Crippen LogP contribution in [0.25, 0.3) is 0 Å². The Kier molecular flexibility index (Phi) is 3.42. The van der Waals surface area contributed by atoms with Crippen LogP contribution >= 0.6 is 0 Å². The Morgan fingerprint density at radius 2 is 1.83 bits per heavy atom. The summed E-state index contributed by atoms with van der Waals surface area (Å²) in [6, 6.07) is 9.72. The van der Waals surface area contributed by atoms with E-state index in [2.05, 4.69) is 4.98 Å². The Balaban J connectivity index is 2.21. The first kappa shape index (κ1) is 12.3. The zero-order valence-corrected chi connectivity index (χ0v) is 10.6. The molecule has 0 fully saturated rings. The lowest BCUT2D eigenvalue weighted by molar-refractivity contribution is 0.0993. The quantitative estimate of drug-likeness (QED) is 0.839. The molecule has 0 aliphatic rings. The number of aryl methyl sites for hydroxylation is 2. The van der Waals surface area contributed by atoms with E-state index in [1.165, 1.54) is 5.56 Å². The molecule has 1 heterocycles. The summed E-state index contributed by atoms with van der Waals surface area (Å²) >= 11 is 0. The number of ketones is 1. The molecule has 1 aromatic heterocycles. The first-order valence-corrected chi connectivity index (χ1v) is 5.87. The van der Waals surface area contributed by atoms with E-state index in [9.17, 15) is 4.79 Å². The fraction of sp³-hybridized carbons (Fsp3) is 0.200. The van der Waals surface area contributed by atoms with Crippen molar-refractivity contribution < 1.29 is 4.79 Å². The van der Waals surface area contributed by atoms with Gasteiger partial charge < -0.3 is 5.73 Å². The number of pyridine rings is 1. The summed E-state index contributed by atoms with van der Waals surface area (Å²) in [4.78, 5) is 16.2. The molecule has 2 aromatic rings. The number of anilines is 1. The van der Waals surface area contributed by atoms with Gasteiger partial charge in [0.15, 0.2) is 5.78 Å². The summed E-state index contributed by atoms with van der Waals surface area (Å²) in [7, 11) is 0. The number of carbonyl (C=O) groups excluding carboxylic acids is 1. The highest BCUT2D eigenvalue weighted by Gasteiger charge is 2.11. The highest BCUT2D eigenvalue weighted by Crippen LogP contribution is 2.14. The van der Waals surface area contributed by atoms with Crippen LogP contribution in [0.3, 0.4) is 0 Å². The SMILES string of the molecule is Cc1ccc(CC(=O)c2cc(C)cnc2N)cc1. The topological polar surface area (TPSA) is 56.0 Å². The summed E-state index contributed by atoms with van der Waals surface area (Å²) in [5.41, 5.74) is 9.36. The smallest absolute Gasteiger partial charge is 0.170 e. The molecular formula is C15H16N2O. The zero-order chi connectivity index (χ0) is 13.1. The van der Waals surface area contributed by atoms with Crippen molar-refractivity contribution in [2.24, 2.45) is 0 Å². The van der Waals surface area contributed by atoms with Crippen molar-refractivity contribution in [3.63, 3.8) is 0 Å². The second-order valence-electron chi connectivity index (χ2n) is 4.53. The van der Waals surface area contributed by atoms with E-state index in [1.54, 1.807) is 12.3 Å². The third kappa shape index (κ3) is 2.74. The van der Waals surface area contributed by atoms with E-state index in [1.807, 2.05) is 38.1 Å². The van der Waals surface area contributed by atoms with Crippen LogP contribution in [0.1, 0.15) is 27.0 Å². The number of aromatic nitrogens is 1. The predicted octanol–water partition coefficient (Wildman–Crippen LogP) is 2.71. The fourth-order valence-corrected chi connectivity index (χ4v) is 1.79. The van der Waals surface area contributed by atoms with Crippen molar-refractivity contribution in [1.29, 1.82) is 0 Å². The molecule has 3 nitrogen and oxygen atoms in total. The molecule has 0 unspecified atom stereocenters. The summed E-state index contributed by atoms with van der Waals surface area (Å²) in [5, 5.41) is 0. The molecule has 0 bridgehead atoms. The van der Waals surface area contributed by atoms with Crippen LogP contribution in [0.5, 0.6) is 0 Å². The van der Waals surface area contributed by atoms with Gasteiger partial charge in [-0.3, -0.25) is 4.79 Å². The molecule has 0 saturated carbocycles. The van der Waals surface area contributed by atoms with Crippen molar-refractivity contribution in [3.8, 4) is 0 Å². The van der Waals surface area contributed by atoms with Gasteiger partial charge in [0.1, 0.15) is 5.82 Å². The second kappa shape index (κ2) is 5.00. The minimum absolute atomic E-state index is 0.00699. The van der Waals surface area contributed by atoms with Crippen LogP contribution in [-0.2, 0) is 6.42 Å². The van der Waals surface area contributed by atoms with Crippen LogP contribution in [0.2, 0.25) is 0 Å². The number of rotatable bonds is 3. The second-order valence-corrected chi connectivity index (χ2v) is 4.53. The molecule has 2 N–H and O–H groups in total. The van der Waals surface area contributed by atoms with Gasteiger partial charge in [-0.1, -0.05) is 29.8 Å². The molecule has 1 aromatic carbocycles. The molecule has 0 saturated heterocycles. The van der Waals surface area contributed by atoms with E-state index < -0.39 is 0 Å². The van der Waals surface area contributed by atoms with Gasteiger partial charge in [0, 0.05) is 12.6 Å². The minimum atomic E-state index is 0.00699. The normalized spacial score (nSPS) is 10.3. The molecule has 0 spiro atoms. The third-order valence-corrected chi connectivity index (χ3v) is 2.84. The van der Waals surface area contributed by atoms with E-state index in [0.29, 0.717) is 17.8 Å². The Labute approximate surface area is 107 Å². The molecule has 3 heteroatoms. The fourth-order valence-electron chi connectivity index (χ4n) is 1.79. The zero-order valence-electron chi connectivity index (χ0n) is 10.6. The number of carbonyl (C=O) groups is 1. The predicted molar refractivity (Wildman–Crippen MR) is 72.6 cm³/mol. The standard InChI is InChI=1S/C15H16N2O/c1-10-3-5-12(6-4-10)8-14(18)13-7-11(2)9-17-15(13)16/h3-7,9H,8H2,1-2H3,(H2,16,17). The number of benzene rings is 1. The van der Waals surface area contributed by atoms with E-state index in [4.69, 9.17) is 5.73 Å². The Morgan fingerprint density at radius 1 is 1.17 bits per heavy atom. The minimum Gasteiger partial charge on any atom is -0.383 e. The van der Waals surface area contributed by atoms with Crippen molar-refractivity contribution >= 4 is 11.6 Å². The lowest BCUT2D eigenvalue weighted by atomic mass is 10.0. The number of nitrogens with two attached hydrogens (primary N) is 1. The lowest BCUT2D eigenvalue weighted by Crippen LogP contribution is -2.08. The Bertz CT molecular complexity index is 574. The van der Waals surface area contributed by atoms with Gasteiger partial charge in [-0.25, -0.2) is 4.98 Å². The first-order chi connectivity index (χ1) is 8.56. The average molecular weight is 240 g/mol. The van der Waals surface area contributed by atoms with Crippen molar-refractivity contribution in [2.75, 3.05) is 5.73 Å². The van der Waals surface area contributed by atoms with Crippen LogP contribution in [0.4, 0.5) is 5.82 Å². The Morgan fingerprint density at radius 3 is 2.50 bits per heavy atom. The highest BCUT2D eigenvalue weighted by atomic mass is 16.1. The van der Waals surface area contributed by atoms with Gasteiger partial charge in [-0.05, 0) is 31.0 Å². The Hall–Kier alpha value is -2.16. The van der Waals surface area contributed by atoms with Gasteiger partial charge in [-0.15, -0.1) is 0 Å². The van der Waals surface area contributed by atoms with E-state index in [-0.39, 0.29) is 5.78 Å². The lowest BCUT2D eigenvalue weighted by Gasteiger charge is -2.05. The number of nitrogen functional groups attached to an aromatic ring is 1. The molecule has 0 radical (unpaired) electrons. The third-order valence-electron chi connectivity index (χ3n) is 2.84. The molecule has 0 amide bonds. The number of Topliss-reactive ketones (excluding diaryl/α,β-unsaturated/α-hetero) is 1. The highest BCUT2D eigenvalue weighted by molar-refractivity contribution is 6.01. The van der Waals surface area contributed by atoms with Gasteiger partial charge in [0.2, 0.25) is 0 Å². The van der Waals surface area contributed by atoms with Gasteiger partial charge in [0.25, 0.3) is 0 Å². The molecule has 0 aliphatic heterocycles. The molecule has 0 atom stereocenters. The maximum Gasteiger partial charge on any atom is 0.170 e. The number of nitrogens with zero attached hydrogens (tertiary/aromatic N) is 1. The van der Waals surface area contributed by atoms with Gasteiger partial charge >= 0.3 is 0 Å². The van der Waals surface area contributed by atoms with Gasteiger partial charge in [0.05, 0.1) is 5.56 Å². The maximum absolute atomic E-state index is 12.2. The number of hydrogen-bond acceptors (Lipinski definition) is 3. The monoisotopic (exact) mass is 240 g/mol. The van der Waals surface area contributed by atoms with Crippen LogP contribution in [-0.4, -0.2) is 10.8 Å². The summed E-state index contributed by atoms with van der Waals surface area (Å²) in [5.74, 6) is 0.310. The summed E-state index contributed by atoms with van der Waals surface area (Å²) in [6.45, 7) is 3.92. The molecule has 92 valence electrons. The molecular weight excluding hydrogens is 224 g/mol. The number of hydrogen-bond donors (Lipinski definition) is 1. The molecule has 2 rings (SSSR count). The molecule has 18 heavy (non-hydrogen) atoms. The summed E-state index contributed by atoms with van der Waals surface area (Å²) in [6.07, 6.45) is 2.02. The van der Waals surface area contributed by atoms with Crippen LogP contribution in [0, 0.1) is 13.8 Å². The van der Waals surface area contributed by atoms with Crippen LogP contribution < -0.4 is 5.73 Å². The molecule has 0 aliphatic carbocycles. The van der Waals surface area contributed by atoms with Crippen LogP contribution in [0.15, 0.2) is 36.5 Å². The average Bonchev–Trinajstić information content (AvgIpc) is 2.35. The van der Waals surface area contributed by atoms with E-state index in [0.717, 1.165) is 11.1 Å². The van der Waals surface area contributed by atoms with Gasteiger partial charge in [-0.2, -0.15) is 0 Å². The summed E-state index contributed by atoms with van der Waals surface area (Å²) < 4.78 is 0. The van der Waals surface area contributed by atoms with E-state index >= 15 is 0 Å². The largest absolute Gasteiger partial charge is 0.383 e. The maximum atomic E-state index is 12.2.